The molecule has 2 aromatic rings. The standard InChI is InChI=1S/C19H22O4/c1-19(22-11-6-12-23-19)16-7-5-10-18(15-16)21-14-13-20-17-8-3-2-4-9-17/h2-5,7-10,15H,6,11-14H2,1H3. The monoisotopic (exact) mass is 314 g/mol. The van der Waals surface area contributed by atoms with Crippen LogP contribution in [-0.2, 0) is 15.3 Å². The largest absolute Gasteiger partial charge is 0.490 e. The normalized spacial score (nSPS) is 16.7. The van der Waals surface area contributed by atoms with E-state index >= 15 is 0 Å². The van der Waals surface area contributed by atoms with Crippen molar-refractivity contribution in [1.29, 1.82) is 0 Å². The van der Waals surface area contributed by atoms with Crippen LogP contribution in [-0.4, -0.2) is 26.4 Å². The highest BCUT2D eigenvalue weighted by Gasteiger charge is 2.31. The van der Waals surface area contributed by atoms with Gasteiger partial charge >= 0.3 is 0 Å². The molecule has 1 aliphatic rings. The minimum absolute atomic E-state index is 0.483. The van der Waals surface area contributed by atoms with Gasteiger partial charge in [-0.25, -0.2) is 0 Å². The Bertz CT molecular complexity index is 606. The maximum Gasteiger partial charge on any atom is 0.192 e. The van der Waals surface area contributed by atoms with E-state index in [0.717, 1.165) is 23.5 Å². The maximum absolute atomic E-state index is 5.79. The first-order chi connectivity index (χ1) is 11.3. The van der Waals surface area contributed by atoms with E-state index in [0.29, 0.717) is 26.4 Å². The van der Waals surface area contributed by atoms with Crippen LogP contribution in [0.3, 0.4) is 0 Å². The summed E-state index contributed by atoms with van der Waals surface area (Å²) in [6.07, 6.45) is 0.933. The van der Waals surface area contributed by atoms with Crippen molar-refractivity contribution in [3.8, 4) is 11.5 Å². The van der Waals surface area contributed by atoms with Crippen LogP contribution in [0.4, 0.5) is 0 Å². The second-order valence-electron chi connectivity index (χ2n) is 5.53. The molecule has 1 fully saturated rings. The topological polar surface area (TPSA) is 36.9 Å². The zero-order valence-corrected chi connectivity index (χ0v) is 13.4. The van der Waals surface area contributed by atoms with Gasteiger partial charge in [0.1, 0.15) is 24.7 Å². The molecular weight excluding hydrogens is 292 g/mol. The highest BCUT2D eigenvalue weighted by Crippen LogP contribution is 2.32. The molecular formula is C19H22O4. The van der Waals surface area contributed by atoms with Crippen molar-refractivity contribution in [2.75, 3.05) is 26.4 Å². The molecule has 4 nitrogen and oxygen atoms in total. The molecule has 0 atom stereocenters. The fourth-order valence-electron chi connectivity index (χ4n) is 2.51. The molecule has 1 aliphatic heterocycles. The summed E-state index contributed by atoms with van der Waals surface area (Å²) in [5, 5.41) is 0. The van der Waals surface area contributed by atoms with Crippen LogP contribution in [0.5, 0.6) is 11.5 Å². The Labute approximate surface area is 136 Å². The van der Waals surface area contributed by atoms with Crippen molar-refractivity contribution >= 4 is 0 Å². The summed E-state index contributed by atoms with van der Waals surface area (Å²) in [4.78, 5) is 0. The van der Waals surface area contributed by atoms with Gasteiger partial charge in [0.15, 0.2) is 5.79 Å². The first-order valence-electron chi connectivity index (χ1n) is 7.95. The van der Waals surface area contributed by atoms with E-state index in [4.69, 9.17) is 18.9 Å². The summed E-state index contributed by atoms with van der Waals surface area (Å²) in [5.74, 6) is 0.956. The number of ether oxygens (including phenoxy) is 4. The zero-order chi connectivity index (χ0) is 16.0. The van der Waals surface area contributed by atoms with Crippen LogP contribution in [0, 0.1) is 0 Å². The van der Waals surface area contributed by atoms with Crippen LogP contribution in [0.15, 0.2) is 54.6 Å². The van der Waals surface area contributed by atoms with Crippen molar-refractivity contribution in [2.24, 2.45) is 0 Å². The van der Waals surface area contributed by atoms with Crippen molar-refractivity contribution in [1.82, 2.24) is 0 Å². The van der Waals surface area contributed by atoms with Crippen LogP contribution in [0.1, 0.15) is 18.9 Å². The van der Waals surface area contributed by atoms with E-state index in [-0.39, 0.29) is 0 Å². The molecule has 3 rings (SSSR count). The Balaban J connectivity index is 1.53. The Hall–Kier alpha value is -2.04. The Kier molecular flexibility index (Phi) is 5.16. The van der Waals surface area contributed by atoms with Gasteiger partial charge in [-0.15, -0.1) is 0 Å². The van der Waals surface area contributed by atoms with E-state index in [9.17, 15) is 0 Å². The lowest BCUT2D eigenvalue weighted by Crippen LogP contribution is -2.34. The SMILES string of the molecule is CC1(c2cccc(OCCOc3ccccc3)c2)OCCCO1. The molecule has 0 spiro atoms. The summed E-state index contributed by atoms with van der Waals surface area (Å²) in [7, 11) is 0. The van der Waals surface area contributed by atoms with E-state index in [1.165, 1.54) is 0 Å². The van der Waals surface area contributed by atoms with Gasteiger partial charge in [0, 0.05) is 5.56 Å². The van der Waals surface area contributed by atoms with Crippen LogP contribution in [0.2, 0.25) is 0 Å². The number of hydrogen-bond donors (Lipinski definition) is 0. The Morgan fingerprint density at radius 1 is 0.870 bits per heavy atom. The predicted octanol–water partition coefficient (Wildman–Crippen LogP) is 3.75. The molecule has 2 aromatic carbocycles. The first-order valence-corrected chi connectivity index (χ1v) is 7.95. The zero-order valence-electron chi connectivity index (χ0n) is 13.4. The molecule has 0 saturated carbocycles. The summed E-state index contributed by atoms with van der Waals surface area (Å²) in [5.41, 5.74) is 0.971. The molecule has 1 heterocycles. The Morgan fingerprint density at radius 3 is 2.26 bits per heavy atom. The summed E-state index contributed by atoms with van der Waals surface area (Å²) >= 11 is 0. The second-order valence-corrected chi connectivity index (χ2v) is 5.53. The van der Waals surface area contributed by atoms with E-state index in [2.05, 4.69) is 0 Å². The average Bonchev–Trinajstić information content (AvgIpc) is 2.61. The lowest BCUT2D eigenvalue weighted by Gasteiger charge is -2.34. The number of para-hydroxylation sites is 1. The molecule has 122 valence electrons. The van der Waals surface area contributed by atoms with Gasteiger partial charge < -0.3 is 18.9 Å². The predicted molar refractivity (Wildman–Crippen MR) is 87.7 cm³/mol. The molecule has 0 bridgehead atoms. The quantitative estimate of drug-likeness (QED) is 0.761. The van der Waals surface area contributed by atoms with Crippen molar-refractivity contribution in [3.63, 3.8) is 0 Å². The van der Waals surface area contributed by atoms with Gasteiger partial charge in [0.2, 0.25) is 0 Å². The Morgan fingerprint density at radius 2 is 1.52 bits per heavy atom. The molecule has 0 aromatic heterocycles. The molecule has 0 unspecified atom stereocenters. The lowest BCUT2D eigenvalue weighted by molar-refractivity contribution is -0.264. The first kappa shape index (κ1) is 15.8. The lowest BCUT2D eigenvalue weighted by atomic mass is 10.1. The summed E-state index contributed by atoms with van der Waals surface area (Å²) in [6, 6.07) is 17.6. The van der Waals surface area contributed by atoms with E-state index in [1.807, 2.05) is 61.5 Å². The summed E-state index contributed by atoms with van der Waals surface area (Å²) < 4.78 is 23.0. The molecule has 4 heteroatoms. The smallest absolute Gasteiger partial charge is 0.192 e. The van der Waals surface area contributed by atoms with Gasteiger partial charge in [-0.2, -0.15) is 0 Å². The fraction of sp³-hybridized carbons (Fsp3) is 0.368. The molecule has 0 radical (unpaired) electrons. The minimum Gasteiger partial charge on any atom is -0.490 e. The van der Waals surface area contributed by atoms with Crippen LogP contribution >= 0.6 is 0 Å². The molecule has 0 N–H and O–H groups in total. The van der Waals surface area contributed by atoms with Crippen molar-refractivity contribution in [3.05, 3.63) is 60.2 Å². The third kappa shape index (κ3) is 4.24. The molecule has 0 aliphatic carbocycles. The highest BCUT2D eigenvalue weighted by atomic mass is 16.7. The maximum atomic E-state index is 5.79. The van der Waals surface area contributed by atoms with Gasteiger partial charge in [-0.05, 0) is 37.6 Å². The second kappa shape index (κ2) is 7.49. The van der Waals surface area contributed by atoms with Crippen LogP contribution < -0.4 is 9.47 Å². The van der Waals surface area contributed by atoms with Crippen molar-refractivity contribution < 1.29 is 18.9 Å². The third-order valence-electron chi connectivity index (χ3n) is 3.77. The molecule has 1 saturated heterocycles. The van der Waals surface area contributed by atoms with E-state index < -0.39 is 5.79 Å². The van der Waals surface area contributed by atoms with Crippen LogP contribution in [0.25, 0.3) is 0 Å². The number of hydrogen-bond acceptors (Lipinski definition) is 4. The molecule has 0 amide bonds. The number of benzene rings is 2. The number of rotatable bonds is 6. The summed E-state index contributed by atoms with van der Waals surface area (Å²) in [6.45, 7) is 4.36. The van der Waals surface area contributed by atoms with Gasteiger partial charge in [0.05, 0.1) is 13.2 Å². The van der Waals surface area contributed by atoms with E-state index in [1.54, 1.807) is 0 Å². The highest BCUT2D eigenvalue weighted by molar-refractivity contribution is 5.31. The van der Waals surface area contributed by atoms with Gasteiger partial charge in [-0.1, -0.05) is 30.3 Å². The average molecular weight is 314 g/mol. The van der Waals surface area contributed by atoms with Gasteiger partial charge in [-0.3, -0.25) is 0 Å². The van der Waals surface area contributed by atoms with Gasteiger partial charge in [0.25, 0.3) is 0 Å². The fourth-order valence-corrected chi connectivity index (χ4v) is 2.51. The van der Waals surface area contributed by atoms with Crippen molar-refractivity contribution in [2.45, 2.75) is 19.1 Å². The molecule has 23 heavy (non-hydrogen) atoms. The third-order valence-corrected chi connectivity index (χ3v) is 3.77. The minimum atomic E-state index is -0.682.